The SMILES string of the molecule is CCCCCN1C(=CC=C2CCCC(C=CC3=[N+](CCCCS(=O)(=O)O)c4ccccc4C3(C)C)=C2NCCCCC(NC(=O)c2ccc(NCc3cnc4nc(N)[nH]c(=O)c4n3)cc2)C(=O)O)C(C)(C)c2cc(C)ccc21. The highest BCUT2D eigenvalue weighted by molar-refractivity contribution is 7.85. The summed E-state index contributed by atoms with van der Waals surface area (Å²) in [6.07, 6.45) is 19.0. The zero-order chi connectivity index (χ0) is 55.8. The zero-order valence-electron chi connectivity index (χ0n) is 45.8. The average Bonchev–Trinajstić information content (AvgIpc) is 4.01. The van der Waals surface area contributed by atoms with Gasteiger partial charge < -0.3 is 31.7 Å². The summed E-state index contributed by atoms with van der Waals surface area (Å²) in [4.78, 5) is 55.7. The molecule has 18 heteroatoms. The van der Waals surface area contributed by atoms with Crippen LogP contribution in [-0.4, -0.2) is 91.6 Å². The van der Waals surface area contributed by atoms with Crippen molar-refractivity contribution < 1.29 is 32.2 Å². The number of para-hydroxylation sites is 1. The number of carboxylic acids is 1. The lowest BCUT2D eigenvalue weighted by Crippen LogP contribution is -2.40. The lowest BCUT2D eigenvalue weighted by atomic mass is 9.81. The molecule has 0 radical (unpaired) electrons. The van der Waals surface area contributed by atoms with E-state index in [1.165, 1.54) is 45.4 Å². The van der Waals surface area contributed by atoms with Gasteiger partial charge in [-0.15, -0.1) is 0 Å². The predicted molar refractivity (Wildman–Crippen MR) is 309 cm³/mol. The van der Waals surface area contributed by atoms with Gasteiger partial charge >= 0.3 is 5.97 Å². The molecule has 17 nitrogen and oxygen atoms in total. The summed E-state index contributed by atoms with van der Waals surface area (Å²) in [7, 11) is -4.07. The number of amides is 1. The molecule has 412 valence electrons. The smallest absolute Gasteiger partial charge is 0.326 e. The van der Waals surface area contributed by atoms with E-state index in [1.807, 2.05) is 6.07 Å². The van der Waals surface area contributed by atoms with E-state index < -0.39 is 33.6 Å². The summed E-state index contributed by atoms with van der Waals surface area (Å²) >= 11 is 0. The molecule has 1 aliphatic carbocycles. The summed E-state index contributed by atoms with van der Waals surface area (Å²) in [6, 6.07) is 20.7. The Morgan fingerprint density at radius 2 is 1.69 bits per heavy atom. The number of benzene rings is 3. The number of H-pyrrole nitrogens is 1. The Bertz CT molecular complexity index is 3390. The van der Waals surface area contributed by atoms with Crippen molar-refractivity contribution in [2.24, 2.45) is 0 Å². The van der Waals surface area contributed by atoms with E-state index in [4.69, 9.17) is 5.73 Å². The molecule has 0 fully saturated rings. The number of nitrogens with zero attached hydrogens (tertiary/aromatic N) is 5. The van der Waals surface area contributed by atoms with Crippen LogP contribution in [0, 0.1) is 6.92 Å². The number of allylic oxidation sites excluding steroid dienone is 7. The molecule has 8 N–H and O–H groups in total. The summed E-state index contributed by atoms with van der Waals surface area (Å²) in [5.41, 5.74) is 18.2. The fourth-order valence-corrected chi connectivity index (χ4v) is 11.6. The molecule has 1 unspecified atom stereocenters. The number of aliphatic carboxylic acids is 1. The van der Waals surface area contributed by atoms with Crippen molar-refractivity contribution in [3.8, 4) is 0 Å². The van der Waals surface area contributed by atoms with Gasteiger partial charge in [0.15, 0.2) is 16.9 Å². The second-order valence-corrected chi connectivity index (χ2v) is 23.3. The third kappa shape index (κ3) is 13.3. The van der Waals surface area contributed by atoms with Gasteiger partial charge in [0, 0.05) is 71.0 Å². The maximum atomic E-state index is 13.4. The normalized spacial score (nSPS) is 17.3. The van der Waals surface area contributed by atoms with Crippen LogP contribution in [0.5, 0.6) is 0 Å². The molecule has 3 aromatic carbocycles. The van der Waals surface area contributed by atoms with Gasteiger partial charge in [-0.1, -0.05) is 81.7 Å². The monoisotopic (exact) mass is 1080 g/mol. The third-order valence-electron chi connectivity index (χ3n) is 15.2. The lowest BCUT2D eigenvalue weighted by Gasteiger charge is -2.28. The maximum Gasteiger partial charge on any atom is 0.326 e. The molecule has 4 heterocycles. The van der Waals surface area contributed by atoms with Crippen molar-refractivity contribution >= 4 is 61.9 Å². The van der Waals surface area contributed by atoms with Gasteiger partial charge in [-0.3, -0.25) is 19.1 Å². The Hall–Kier alpha value is -7.44. The molecule has 2 aromatic heterocycles. The van der Waals surface area contributed by atoms with Crippen molar-refractivity contribution in [1.82, 2.24) is 30.6 Å². The van der Waals surface area contributed by atoms with Gasteiger partial charge in [-0.05, 0) is 125 Å². The van der Waals surface area contributed by atoms with Crippen LogP contribution in [0.15, 0.2) is 125 Å². The second kappa shape index (κ2) is 24.5. The molecule has 0 saturated heterocycles. The topological polar surface area (TPSA) is 249 Å². The number of aryl methyl sites for hydroxylation is 1. The molecular formula is C60H75N10O7S+. The number of nitrogens with one attached hydrogen (secondary N) is 4. The molecule has 0 saturated carbocycles. The third-order valence-corrected chi connectivity index (χ3v) is 16.0. The molecular weight excluding hydrogens is 1000 g/mol. The van der Waals surface area contributed by atoms with Gasteiger partial charge in [0.1, 0.15) is 12.6 Å². The van der Waals surface area contributed by atoms with E-state index in [1.54, 1.807) is 24.3 Å². The summed E-state index contributed by atoms with van der Waals surface area (Å²) in [6.45, 7) is 15.8. The first-order valence-electron chi connectivity index (χ1n) is 27.3. The standard InChI is InChI=1S/C60H74N10O7S/c1-7-8-13-33-70-49-29-22-39(2)36-46(49)60(5,6)51(70)31-26-41-18-16-17-40(25-30-50-59(3,4)45-19-9-10-21-48(45)69(50)34-14-15-35-78(75,76)77)52(41)62-32-12-11-20-47(57(73)74)66-55(71)42-23-27-43(28-24-42)63-37-44-38-64-54-53(65-44)56(72)68-58(61)67-54/h9-10,19,21-31,36,38,47H,7-8,11-18,20,32-35,37H2,1-6H3,(H7,61,63,64,66,67,68,71,72,73,74,75,76,77)/p+1. The highest BCUT2D eigenvalue weighted by atomic mass is 32.2. The average molecular weight is 1080 g/mol. The van der Waals surface area contributed by atoms with Gasteiger partial charge in [0.2, 0.25) is 11.6 Å². The zero-order valence-corrected chi connectivity index (χ0v) is 46.6. The highest BCUT2D eigenvalue weighted by Crippen LogP contribution is 2.48. The fourth-order valence-electron chi connectivity index (χ4n) is 11.0. The molecule has 78 heavy (non-hydrogen) atoms. The fraction of sp³-hybridized carbons (Fsp3) is 0.417. The maximum absolute atomic E-state index is 13.4. The van der Waals surface area contributed by atoms with E-state index in [-0.39, 0.29) is 46.7 Å². The first kappa shape index (κ1) is 56.8. The molecule has 3 aliphatic rings. The van der Waals surface area contributed by atoms with Crippen LogP contribution >= 0.6 is 0 Å². The minimum Gasteiger partial charge on any atom is -0.480 e. The van der Waals surface area contributed by atoms with Gasteiger partial charge in [0.25, 0.3) is 21.6 Å². The number of unbranched alkanes of at least 4 members (excludes halogenated alkanes) is 4. The van der Waals surface area contributed by atoms with Crippen molar-refractivity contribution in [1.29, 1.82) is 0 Å². The number of anilines is 3. The summed E-state index contributed by atoms with van der Waals surface area (Å²) in [5, 5.41) is 20.0. The summed E-state index contributed by atoms with van der Waals surface area (Å²) in [5.74, 6) is -1.93. The Morgan fingerprint density at radius 1 is 0.910 bits per heavy atom. The number of aromatic nitrogens is 4. The number of aromatic amines is 1. The molecule has 5 aromatic rings. The predicted octanol–water partition coefficient (Wildman–Crippen LogP) is 9.70. The first-order valence-corrected chi connectivity index (χ1v) is 28.9. The lowest BCUT2D eigenvalue weighted by molar-refractivity contribution is -0.438. The Balaban J connectivity index is 0.995. The van der Waals surface area contributed by atoms with Gasteiger partial charge in [-0.25, -0.2) is 14.8 Å². The van der Waals surface area contributed by atoms with Crippen LogP contribution in [0.1, 0.15) is 138 Å². The van der Waals surface area contributed by atoms with Crippen LogP contribution in [0.4, 0.5) is 23.0 Å². The molecule has 1 atom stereocenters. The van der Waals surface area contributed by atoms with E-state index in [0.29, 0.717) is 55.7 Å². The number of carbonyl (C=O) groups is 2. The number of carbonyl (C=O) groups excluding carboxylic acids is 1. The minimum absolute atomic E-state index is 0.0457. The second-order valence-electron chi connectivity index (χ2n) is 21.7. The quantitative estimate of drug-likeness (QED) is 0.0173. The molecule has 1 amide bonds. The Kier molecular flexibility index (Phi) is 17.8. The number of hydrogen-bond donors (Lipinski definition) is 7. The van der Waals surface area contributed by atoms with Crippen LogP contribution in [0.3, 0.4) is 0 Å². The van der Waals surface area contributed by atoms with Crippen molar-refractivity contribution in [3.05, 3.63) is 158 Å². The number of hydrogen-bond acceptors (Lipinski definition) is 12. The number of nitrogens with two attached hydrogens (primary N) is 1. The molecule has 2 aliphatic heterocycles. The van der Waals surface area contributed by atoms with E-state index in [2.05, 4.69) is 148 Å². The van der Waals surface area contributed by atoms with Crippen molar-refractivity contribution in [2.75, 3.05) is 41.3 Å². The summed E-state index contributed by atoms with van der Waals surface area (Å²) < 4.78 is 35.0. The highest BCUT2D eigenvalue weighted by Gasteiger charge is 2.44. The molecule has 0 bridgehead atoms. The Morgan fingerprint density at radius 3 is 2.45 bits per heavy atom. The number of fused-ring (bicyclic) bond motifs is 3. The number of carboxylic acid groups (broad SMARTS) is 1. The van der Waals surface area contributed by atoms with Crippen LogP contribution in [0.25, 0.3) is 11.2 Å². The largest absolute Gasteiger partial charge is 0.480 e. The Labute approximate surface area is 457 Å². The van der Waals surface area contributed by atoms with Crippen LogP contribution < -0.4 is 32.1 Å². The van der Waals surface area contributed by atoms with E-state index in [0.717, 1.165) is 62.2 Å². The first-order chi connectivity index (χ1) is 37.2. The van der Waals surface area contributed by atoms with Crippen molar-refractivity contribution in [3.63, 3.8) is 0 Å². The molecule has 0 spiro atoms. The van der Waals surface area contributed by atoms with Crippen LogP contribution in [0.2, 0.25) is 0 Å². The van der Waals surface area contributed by atoms with Crippen molar-refractivity contribution in [2.45, 2.75) is 136 Å². The number of nitrogen functional groups attached to an aromatic ring is 1. The van der Waals surface area contributed by atoms with E-state index >= 15 is 0 Å². The van der Waals surface area contributed by atoms with Crippen LogP contribution in [-0.2, 0) is 32.3 Å². The van der Waals surface area contributed by atoms with Gasteiger partial charge in [0.05, 0.1) is 29.6 Å². The van der Waals surface area contributed by atoms with Gasteiger partial charge in [-0.2, -0.15) is 18.0 Å². The van der Waals surface area contributed by atoms with E-state index in [9.17, 15) is 32.5 Å². The minimum atomic E-state index is -4.07. The molecule has 8 rings (SSSR count). The number of rotatable bonds is 24.